The smallest absolute Gasteiger partial charge is 0.336 e. The highest BCUT2D eigenvalue weighted by atomic mass is 16.6. The summed E-state index contributed by atoms with van der Waals surface area (Å²) in [5, 5.41) is 17.4. The predicted molar refractivity (Wildman–Crippen MR) is 48.3 cm³/mol. The van der Waals surface area contributed by atoms with Gasteiger partial charge in [-0.15, -0.1) is 0 Å². The third-order valence-electron chi connectivity index (χ3n) is 1.67. The number of carboxylic acid groups (broad SMARTS) is 1. The van der Waals surface area contributed by atoms with E-state index < -0.39 is 24.1 Å². The Balaban J connectivity index is 4.43. The molecule has 0 aromatic rings. The normalized spacial score (nSPS) is 14.2. The lowest BCUT2D eigenvalue weighted by Gasteiger charge is -2.13. The molecule has 0 bridgehead atoms. The van der Waals surface area contributed by atoms with Gasteiger partial charge in [0.25, 0.3) is 0 Å². The third-order valence-corrected chi connectivity index (χ3v) is 1.67. The third kappa shape index (κ3) is 3.57. The van der Waals surface area contributed by atoms with Crippen LogP contribution in [0.15, 0.2) is 12.2 Å². The van der Waals surface area contributed by atoms with E-state index in [2.05, 4.69) is 11.3 Å². The zero-order chi connectivity index (χ0) is 11.3. The van der Waals surface area contributed by atoms with E-state index in [1.165, 1.54) is 6.92 Å². The minimum atomic E-state index is -1.26. The van der Waals surface area contributed by atoms with Gasteiger partial charge in [0.05, 0.1) is 5.92 Å². The van der Waals surface area contributed by atoms with E-state index in [9.17, 15) is 9.59 Å². The number of carbonyl (C=O) groups is 2. The van der Waals surface area contributed by atoms with Crippen LogP contribution in [-0.4, -0.2) is 28.4 Å². The summed E-state index contributed by atoms with van der Waals surface area (Å²) in [6, 6.07) is 0. The minimum Gasteiger partial charge on any atom is -0.481 e. The van der Waals surface area contributed by atoms with Crippen LogP contribution in [0.2, 0.25) is 0 Å². The number of aliphatic hydroxyl groups excluding tert-OH is 1. The fraction of sp³-hybridized carbons (Fsp3) is 0.556. The SMILES string of the molecule is C=C(C(=O)OC(C)O)C(CC)C(=O)O. The maximum absolute atomic E-state index is 11.1. The molecule has 0 aliphatic rings. The number of carboxylic acids is 1. The van der Waals surface area contributed by atoms with E-state index in [0.29, 0.717) is 0 Å². The van der Waals surface area contributed by atoms with Gasteiger partial charge in [0.15, 0.2) is 6.29 Å². The Morgan fingerprint density at radius 2 is 2.00 bits per heavy atom. The van der Waals surface area contributed by atoms with Gasteiger partial charge >= 0.3 is 11.9 Å². The lowest BCUT2D eigenvalue weighted by atomic mass is 9.98. The molecule has 0 saturated heterocycles. The molecule has 0 radical (unpaired) electrons. The molecule has 0 heterocycles. The van der Waals surface area contributed by atoms with Crippen molar-refractivity contribution >= 4 is 11.9 Å². The van der Waals surface area contributed by atoms with Gasteiger partial charge in [-0.25, -0.2) is 4.79 Å². The van der Waals surface area contributed by atoms with Gasteiger partial charge in [-0.2, -0.15) is 0 Å². The first-order valence-corrected chi connectivity index (χ1v) is 4.20. The number of aliphatic carboxylic acids is 1. The maximum atomic E-state index is 11.1. The van der Waals surface area contributed by atoms with E-state index in [1.54, 1.807) is 6.92 Å². The van der Waals surface area contributed by atoms with Crippen molar-refractivity contribution in [3.05, 3.63) is 12.2 Å². The number of hydrogen-bond acceptors (Lipinski definition) is 4. The van der Waals surface area contributed by atoms with Crippen LogP contribution in [0.4, 0.5) is 0 Å². The van der Waals surface area contributed by atoms with Gasteiger partial charge in [0.1, 0.15) is 0 Å². The number of aliphatic hydroxyl groups is 1. The summed E-state index contributed by atoms with van der Waals surface area (Å²) < 4.78 is 4.40. The fourth-order valence-electron chi connectivity index (χ4n) is 0.943. The molecule has 5 heteroatoms. The number of hydrogen-bond donors (Lipinski definition) is 2. The van der Waals surface area contributed by atoms with Gasteiger partial charge in [0.2, 0.25) is 0 Å². The monoisotopic (exact) mass is 202 g/mol. The average molecular weight is 202 g/mol. The summed E-state index contributed by atoms with van der Waals surface area (Å²) in [6.07, 6.45) is -1.01. The first-order chi connectivity index (χ1) is 6.40. The van der Waals surface area contributed by atoms with Gasteiger partial charge < -0.3 is 14.9 Å². The van der Waals surface area contributed by atoms with Crippen LogP contribution in [0.25, 0.3) is 0 Å². The predicted octanol–water partition coefficient (Wildman–Crippen LogP) is 0.535. The van der Waals surface area contributed by atoms with Crippen molar-refractivity contribution in [3.63, 3.8) is 0 Å². The molecule has 0 spiro atoms. The van der Waals surface area contributed by atoms with E-state index in [1.807, 2.05) is 0 Å². The zero-order valence-electron chi connectivity index (χ0n) is 8.19. The second-order valence-electron chi connectivity index (χ2n) is 2.83. The quantitative estimate of drug-likeness (QED) is 0.386. The molecule has 80 valence electrons. The molecule has 0 aliphatic heterocycles. The number of carbonyl (C=O) groups excluding carboxylic acids is 1. The Hall–Kier alpha value is -1.36. The van der Waals surface area contributed by atoms with Crippen molar-refractivity contribution in [2.45, 2.75) is 26.6 Å². The molecule has 0 aliphatic carbocycles. The Morgan fingerprint density at radius 3 is 2.29 bits per heavy atom. The van der Waals surface area contributed by atoms with E-state index in [-0.39, 0.29) is 12.0 Å². The molecule has 2 N–H and O–H groups in total. The lowest BCUT2D eigenvalue weighted by molar-refractivity contribution is -0.162. The Kier molecular flexibility index (Phi) is 4.86. The second kappa shape index (κ2) is 5.39. The Labute approximate surface area is 82.0 Å². The van der Waals surface area contributed by atoms with Gasteiger partial charge in [-0.3, -0.25) is 4.79 Å². The Bertz CT molecular complexity index is 244. The minimum absolute atomic E-state index is 0.152. The number of rotatable bonds is 5. The summed E-state index contributed by atoms with van der Waals surface area (Å²) in [4.78, 5) is 21.7. The standard InChI is InChI=1S/C9H14O5/c1-4-7(8(11)12)5(2)9(13)14-6(3)10/h6-7,10H,2,4H2,1,3H3,(H,11,12). The van der Waals surface area contributed by atoms with Crippen LogP contribution in [-0.2, 0) is 14.3 Å². The lowest BCUT2D eigenvalue weighted by Crippen LogP contribution is -2.24. The summed E-state index contributed by atoms with van der Waals surface area (Å²) >= 11 is 0. The highest BCUT2D eigenvalue weighted by Gasteiger charge is 2.25. The molecule has 2 atom stereocenters. The summed E-state index contributed by atoms with van der Waals surface area (Å²) in [5.41, 5.74) is -0.152. The number of esters is 1. The average Bonchev–Trinajstić information content (AvgIpc) is 2.03. The fourth-order valence-corrected chi connectivity index (χ4v) is 0.943. The van der Waals surface area contributed by atoms with Crippen molar-refractivity contribution in [2.24, 2.45) is 5.92 Å². The summed E-state index contributed by atoms with van der Waals surface area (Å²) in [5.74, 6) is -2.96. The first kappa shape index (κ1) is 12.6. The molecular weight excluding hydrogens is 188 g/mol. The van der Waals surface area contributed by atoms with Crippen molar-refractivity contribution in [1.82, 2.24) is 0 Å². The van der Waals surface area contributed by atoms with Crippen LogP contribution in [0.1, 0.15) is 20.3 Å². The molecule has 5 nitrogen and oxygen atoms in total. The van der Waals surface area contributed by atoms with Crippen molar-refractivity contribution < 1.29 is 24.5 Å². The maximum Gasteiger partial charge on any atom is 0.336 e. The van der Waals surface area contributed by atoms with E-state index >= 15 is 0 Å². The van der Waals surface area contributed by atoms with Gasteiger partial charge in [0, 0.05) is 5.57 Å². The van der Waals surface area contributed by atoms with E-state index in [0.717, 1.165) is 0 Å². The molecule has 0 amide bonds. The van der Waals surface area contributed by atoms with Crippen LogP contribution in [0, 0.1) is 5.92 Å². The topological polar surface area (TPSA) is 83.8 Å². The molecule has 2 unspecified atom stereocenters. The molecule has 0 aromatic carbocycles. The van der Waals surface area contributed by atoms with Crippen LogP contribution < -0.4 is 0 Å². The number of ether oxygens (including phenoxy) is 1. The first-order valence-electron chi connectivity index (χ1n) is 4.20. The molecule has 0 fully saturated rings. The van der Waals surface area contributed by atoms with Crippen molar-refractivity contribution in [2.75, 3.05) is 0 Å². The Morgan fingerprint density at radius 1 is 1.50 bits per heavy atom. The molecule has 14 heavy (non-hydrogen) atoms. The van der Waals surface area contributed by atoms with Crippen LogP contribution in [0.5, 0.6) is 0 Å². The molecule has 0 aromatic heterocycles. The molecule has 0 saturated carbocycles. The highest BCUT2D eigenvalue weighted by Crippen LogP contribution is 2.15. The van der Waals surface area contributed by atoms with Crippen LogP contribution in [0.3, 0.4) is 0 Å². The molecule has 0 rings (SSSR count). The van der Waals surface area contributed by atoms with E-state index in [4.69, 9.17) is 10.2 Å². The van der Waals surface area contributed by atoms with Crippen LogP contribution >= 0.6 is 0 Å². The zero-order valence-corrected chi connectivity index (χ0v) is 8.19. The van der Waals surface area contributed by atoms with Gasteiger partial charge in [-0.05, 0) is 13.3 Å². The largest absolute Gasteiger partial charge is 0.481 e. The summed E-state index contributed by atoms with van der Waals surface area (Å²) in [7, 11) is 0. The highest BCUT2D eigenvalue weighted by molar-refractivity contribution is 5.94. The van der Waals surface area contributed by atoms with Gasteiger partial charge in [-0.1, -0.05) is 13.5 Å². The van der Waals surface area contributed by atoms with Crippen molar-refractivity contribution in [3.8, 4) is 0 Å². The van der Waals surface area contributed by atoms with Crippen molar-refractivity contribution in [1.29, 1.82) is 0 Å². The molecular formula is C9H14O5. The second-order valence-corrected chi connectivity index (χ2v) is 2.83. The summed E-state index contributed by atoms with van der Waals surface area (Å²) in [6.45, 7) is 6.22.